The molecule has 2 heterocycles. The summed E-state index contributed by atoms with van der Waals surface area (Å²) in [6.07, 6.45) is 3.03. The maximum atomic E-state index is 14.4. The number of rotatable bonds is 8. The van der Waals surface area contributed by atoms with E-state index in [1.807, 2.05) is 43.3 Å². The Kier molecular flexibility index (Phi) is 8.55. The number of carbonyl (C=O) groups excluding carboxylic acids is 1. The Morgan fingerprint density at radius 2 is 1.86 bits per heavy atom. The number of amides is 1. The van der Waals surface area contributed by atoms with Gasteiger partial charge in [0, 0.05) is 40.8 Å². The average molecular weight is 594 g/mol. The second-order valence-corrected chi connectivity index (χ2v) is 12.8. The van der Waals surface area contributed by atoms with Crippen LogP contribution >= 0.6 is 0 Å². The quantitative estimate of drug-likeness (QED) is 0.281. The molecule has 1 fully saturated rings. The number of hydrogen-bond acceptors (Lipinski definition) is 9. The standard InChI is InChI=1S/C30H32FN5O5S/c1-19-12-22(35-42(3,4)38)14-24-28(19)29(33-18-32-24)34-23-11-10-21(31)13-25(23)41-27-16-36(15-26(27)39-2)30(37)40-17-20-8-6-5-7-9-20/h5-14,18,26-27H,15-17H2,1-4H3,(H,32,33,34)/t26-,27-/m1/s1. The molecule has 1 aromatic heterocycles. The first-order chi connectivity index (χ1) is 20.1. The molecule has 1 N–H and O–H groups in total. The number of likely N-dealkylation sites (tertiary alicyclic amines) is 1. The van der Waals surface area contributed by atoms with Gasteiger partial charge >= 0.3 is 6.09 Å². The van der Waals surface area contributed by atoms with Crippen LogP contribution in [0.1, 0.15) is 11.1 Å². The first kappa shape index (κ1) is 29.2. The highest BCUT2D eigenvalue weighted by atomic mass is 32.2. The van der Waals surface area contributed by atoms with Gasteiger partial charge in [0.05, 0.1) is 30.0 Å². The third kappa shape index (κ3) is 6.94. The Morgan fingerprint density at radius 1 is 1.10 bits per heavy atom. The Balaban J connectivity index is 1.36. The van der Waals surface area contributed by atoms with Crippen molar-refractivity contribution in [2.24, 2.45) is 4.36 Å². The predicted molar refractivity (Wildman–Crippen MR) is 159 cm³/mol. The van der Waals surface area contributed by atoms with Gasteiger partial charge in [0.15, 0.2) is 0 Å². The number of ether oxygens (including phenoxy) is 3. The van der Waals surface area contributed by atoms with Gasteiger partial charge in [-0.3, -0.25) is 0 Å². The topological polar surface area (TPSA) is 115 Å². The van der Waals surface area contributed by atoms with Crippen LogP contribution in [-0.4, -0.2) is 70.1 Å². The maximum Gasteiger partial charge on any atom is 0.410 e. The van der Waals surface area contributed by atoms with Crippen LogP contribution in [0, 0.1) is 12.7 Å². The van der Waals surface area contributed by atoms with Gasteiger partial charge < -0.3 is 24.4 Å². The zero-order chi connectivity index (χ0) is 29.9. The molecule has 1 saturated heterocycles. The number of aryl methyl sites for hydroxylation is 1. The molecule has 42 heavy (non-hydrogen) atoms. The normalized spacial score (nSPS) is 16.8. The summed E-state index contributed by atoms with van der Waals surface area (Å²) in [5.74, 6) is 0.226. The molecule has 0 spiro atoms. The third-order valence-corrected chi connectivity index (χ3v) is 7.35. The van der Waals surface area contributed by atoms with Crippen LogP contribution in [0.25, 0.3) is 10.9 Å². The molecule has 2 atom stereocenters. The Morgan fingerprint density at radius 3 is 2.60 bits per heavy atom. The summed E-state index contributed by atoms with van der Waals surface area (Å²) in [4.78, 5) is 23.1. The molecular formula is C30H32FN5O5S. The van der Waals surface area contributed by atoms with Crippen LogP contribution in [0.15, 0.2) is 71.4 Å². The van der Waals surface area contributed by atoms with E-state index in [1.165, 1.54) is 30.5 Å². The molecular weight excluding hydrogens is 561 g/mol. The molecule has 1 aliphatic heterocycles. The van der Waals surface area contributed by atoms with E-state index in [2.05, 4.69) is 19.6 Å². The zero-order valence-electron chi connectivity index (χ0n) is 23.7. The van der Waals surface area contributed by atoms with E-state index in [-0.39, 0.29) is 25.4 Å². The molecule has 10 nitrogen and oxygen atoms in total. The van der Waals surface area contributed by atoms with Crippen LogP contribution in [0.3, 0.4) is 0 Å². The number of carbonyl (C=O) groups is 1. The highest BCUT2D eigenvalue weighted by Gasteiger charge is 2.38. The number of halogens is 1. The lowest BCUT2D eigenvalue weighted by Crippen LogP contribution is -2.32. The fraction of sp³-hybridized carbons (Fsp3) is 0.300. The lowest BCUT2D eigenvalue weighted by Gasteiger charge is -2.21. The molecule has 0 bridgehead atoms. The van der Waals surface area contributed by atoms with Crippen LogP contribution in [0.4, 0.5) is 26.4 Å². The largest absolute Gasteiger partial charge is 0.483 e. The van der Waals surface area contributed by atoms with Crippen molar-refractivity contribution in [3.05, 3.63) is 83.9 Å². The molecule has 3 aromatic carbocycles. The van der Waals surface area contributed by atoms with E-state index >= 15 is 0 Å². The third-order valence-electron chi connectivity index (χ3n) is 6.70. The number of anilines is 2. The molecule has 4 aromatic rings. The van der Waals surface area contributed by atoms with Crippen LogP contribution in [0.2, 0.25) is 0 Å². The van der Waals surface area contributed by atoms with Crippen molar-refractivity contribution in [3.63, 3.8) is 0 Å². The monoisotopic (exact) mass is 593 g/mol. The molecule has 0 aliphatic carbocycles. The Bertz CT molecular complexity index is 1720. The number of hydrogen-bond donors (Lipinski definition) is 1. The number of aromatic nitrogens is 2. The summed E-state index contributed by atoms with van der Waals surface area (Å²) >= 11 is 0. The van der Waals surface area contributed by atoms with Crippen molar-refractivity contribution in [2.75, 3.05) is 38.0 Å². The van der Waals surface area contributed by atoms with Crippen molar-refractivity contribution in [1.82, 2.24) is 14.9 Å². The van der Waals surface area contributed by atoms with Gasteiger partial charge in [-0.15, -0.1) is 0 Å². The maximum absolute atomic E-state index is 14.4. The molecule has 12 heteroatoms. The summed E-state index contributed by atoms with van der Waals surface area (Å²) in [6, 6.07) is 17.1. The highest BCUT2D eigenvalue weighted by molar-refractivity contribution is 7.92. The van der Waals surface area contributed by atoms with Crippen molar-refractivity contribution in [2.45, 2.75) is 25.7 Å². The minimum Gasteiger partial charge on any atom is -0.483 e. The number of nitrogens with one attached hydrogen (secondary N) is 1. The van der Waals surface area contributed by atoms with E-state index in [9.17, 15) is 13.4 Å². The van der Waals surface area contributed by atoms with E-state index < -0.39 is 33.8 Å². The van der Waals surface area contributed by atoms with E-state index in [1.54, 1.807) is 24.6 Å². The molecule has 1 amide bonds. The molecule has 5 rings (SSSR count). The van der Waals surface area contributed by atoms with Crippen molar-refractivity contribution in [1.29, 1.82) is 0 Å². The van der Waals surface area contributed by atoms with E-state index in [4.69, 9.17) is 14.2 Å². The molecule has 220 valence electrons. The van der Waals surface area contributed by atoms with Crippen LogP contribution in [0.5, 0.6) is 5.75 Å². The first-order valence-electron chi connectivity index (χ1n) is 13.2. The van der Waals surface area contributed by atoms with Gasteiger partial charge in [0.2, 0.25) is 0 Å². The van der Waals surface area contributed by atoms with Gasteiger partial charge in [-0.2, -0.15) is 4.36 Å². The summed E-state index contributed by atoms with van der Waals surface area (Å²) in [5, 5.41) is 3.98. The number of fused-ring (bicyclic) bond motifs is 1. The summed E-state index contributed by atoms with van der Waals surface area (Å²) in [5.41, 5.74) is 3.34. The summed E-state index contributed by atoms with van der Waals surface area (Å²) in [7, 11) is -0.816. The molecule has 0 radical (unpaired) electrons. The van der Waals surface area contributed by atoms with Gasteiger partial charge in [-0.25, -0.2) is 23.4 Å². The Hall–Kier alpha value is -4.29. The molecule has 0 unspecified atom stereocenters. The van der Waals surface area contributed by atoms with Crippen LogP contribution < -0.4 is 10.1 Å². The number of nitrogens with zero attached hydrogens (tertiary/aromatic N) is 4. The first-order valence-corrected chi connectivity index (χ1v) is 15.6. The van der Waals surface area contributed by atoms with Gasteiger partial charge in [0.25, 0.3) is 0 Å². The fourth-order valence-corrected chi connectivity index (χ4v) is 5.42. The van der Waals surface area contributed by atoms with Gasteiger partial charge in [-0.05, 0) is 42.3 Å². The second kappa shape index (κ2) is 12.3. The number of methoxy groups -OCH3 is 1. The minimum absolute atomic E-state index is 0.148. The Labute approximate surface area is 244 Å². The number of benzene rings is 3. The predicted octanol–water partition coefficient (Wildman–Crippen LogP) is 5.59. The van der Waals surface area contributed by atoms with Crippen molar-refractivity contribution < 1.29 is 27.6 Å². The molecule has 0 saturated carbocycles. The lowest BCUT2D eigenvalue weighted by molar-refractivity contribution is 0.0340. The summed E-state index contributed by atoms with van der Waals surface area (Å²) in [6.45, 7) is 2.49. The van der Waals surface area contributed by atoms with Gasteiger partial charge in [-0.1, -0.05) is 30.3 Å². The van der Waals surface area contributed by atoms with E-state index in [0.717, 1.165) is 16.5 Å². The molecule has 1 aliphatic rings. The van der Waals surface area contributed by atoms with Crippen LogP contribution in [-0.2, 0) is 25.8 Å². The lowest BCUT2D eigenvalue weighted by atomic mass is 10.1. The van der Waals surface area contributed by atoms with Crippen molar-refractivity contribution in [3.8, 4) is 5.75 Å². The minimum atomic E-state index is -2.35. The average Bonchev–Trinajstić information content (AvgIpc) is 3.35. The smallest absolute Gasteiger partial charge is 0.410 e. The fourth-order valence-electron chi connectivity index (χ4n) is 4.81. The van der Waals surface area contributed by atoms with E-state index in [0.29, 0.717) is 22.7 Å². The second-order valence-electron chi connectivity index (χ2n) is 10.3. The zero-order valence-corrected chi connectivity index (χ0v) is 24.6. The van der Waals surface area contributed by atoms with Gasteiger partial charge in [0.1, 0.15) is 42.5 Å². The highest BCUT2D eigenvalue weighted by Crippen LogP contribution is 2.35. The SMILES string of the molecule is CO[C@@H]1CN(C(=O)OCc2ccccc2)C[C@H]1Oc1cc(F)ccc1Nc1ncnc2cc(N=S(C)(C)=O)cc(C)c12. The van der Waals surface area contributed by atoms with Crippen molar-refractivity contribution >= 4 is 43.9 Å². The summed E-state index contributed by atoms with van der Waals surface area (Å²) < 4.78 is 48.3.